The van der Waals surface area contributed by atoms with Crippen molar-refractivity contribution < 1.29 is 9.53 Å². The van der Waals surface area contributed by atoms with Gasteiger partial charge in [0.15, 0.2) is 6.29 Å². The maximum Gasteiger partial charge on any atom is 0.170 e. The Balaban J connectivity index is 1.89. The number of methoxy groups -OCH3 is 1. The summed E-state index contributed by atoms with van der Waals surface area (Å²) in [5.74, 6) is 0.885. The first kappa shape index (κ1) is 16.1. The highest BCUT2D eigenvalue weighted by molar-refractivity contribution is 9.11. The number of aromatic nitrogens is 2. The fraction of sp³-hybridized carbons (Fsp3) is 0.200. The van der Waals surface area contributed by atoms with Crippen molar-refractivity contribution in [2.45, 2.75) is 19.3 Å². The Bertz CT molecular complexity index is 1000. The average molecular weight is 397 g/mol. The molecule has 2 aromatic heterocycles. The fourth-order valence-electron chi connectivity index (χ4n) is 3.38. The van der Waals surface area contributed by atoms with Crippen molar-refractivity contribution in [2.24, 2.45) is 0 Å². The molecule has 0 spiro atoms. The van der Waals surface area contributed by atoms with Crippen molar-refractivity contribution in [3.63, 3.8) is 0 Å². The molecule has 0 amide bonds. The Morgan fingerprint density at radius 2 is 2.12 bits per heavy atom. The SMILES string of the molecule is COc1ccc2c(c1)CCCC(Br)=C2c1ccn2cc(C=O)nc2c1. The highest BCUT2D eigenvalue weighted by atomic mass is 79.9. The van der Waals surface area contributed by atoms with Crippen LogP contribution >= 0.6 is 15.9 Å². The van der Waals surface area contributed by atoms with E-state index in [1.165, 1.54) is 21.2 Å². The summed E-state index contributed by atoms with van der Waals surface area (Å²) in [4.78, 5) is 15.3. The van der Waals surface area contributed by atoms with Crippen molar-refractivity contribution in [2.75, 3.05) is 7.11 Å². The van der Waals surface area contributed by atoms with Crippen molar-refractivity contribution >= 4 is 33.4 Å². The number of ether oxygens (including phenoxy) is 1. The van der Waals surface area contributed by atoms with E-state index in [9.17, 15) is 4.79 Å². The van der Waals surface area contributed by atoms with E-state index in [1.54, 1.807) is 13.3 Å². The summed E-state index contributed by atoms with van der Waals surface area (Å²) in [7, 11) is 1.70. The van der Waals surface area contributed by atoms with Gasteiger partial charge in [-0.2, -0.15) is 0 Å². The molecule has 0 aliphatic heterocycles. The number of fused-ring (bicyclic) bond motifs is 2. The number of pyridine rings is 1. The minimum atomic E-state index is 0.441. The molecule has 0 bridgehead atoms. The van der Waals surface area contributed by atoms with Crippen LogP contribution in [0.2, 0.25) is 0 Å². The molecule has 0 unspecified atom stereocenters. The smallest absolute Gasteiger partial charge is 0.170 e. The van der Waals surface area contributed by atoms with Gasteiger partial charge in [0, 0.05) is 16.9 Å². The zero-order valence-electron chi connectivity index (χ0n) is 13.8. The summed E-state index contributed by atoms with van der Waals surface area (Å²) in [6.45, 7) is 0. The molecule has 3 aromatic rings. The number of carbonyl (C=O) groups is 1. The minimum absolute atomic E-state index is 0.441. The molecule has 25 heavy (non-hydrogen) atoms. The van der Waals surface area contributed by atoms with Crippen molar-refractivity contribution in [3.05, 3.63) is 69.6 Å². The number of aldehydes is 1. The van der Waals surface area contributed by atoms with Gasteiger partial charge in [0.2, 0.25) is 0 Å². The highest BCUT2D eigenvalue weighted by Crippen LogP contribution is 2.39. The first-order valence-corrected chi connectivity index (χ1v) is 8.99. The summed E-state index contributed by atoms with van der Waals surface area (Å²) in [5.41, 5.74) is 6.00. The molecule has 0 N–H and O–H groups in total. The van der Waals surface area contributed by atoms with Gasteiger partial charge >= 0.3 is 0 Å². The van der Waals surface area contributed by atoms with E-state index in [4.69, 9.17) is 4.74 Å². The van der Waals surface area contributed by atoms with E-state index in [1.807, 2.05) is 22.7 Å². The molecule has 2 heterocycles. The summed E-state index contributed by atoms with van der Waals surface area (Å²) in [5, 5.41) is 0. The Hall–Kier alpha value is -2.40. The number of hydrogen-bond acceptors (Lipinski definition) is 3. The summed E-state index contributed by atoms with van der Waals surface area (Å²) < 4.78 is 8.45. The van der Waals surface area contributed by atoms with Crippen LogP contribution in [0.15, 0.2) is 47.2 Å². The van der Waals surface area contributed by atoms with E-state index in [-0.39, 0.29) is 0 Å². The molecule has 0 radical (unpaired) electrons. The number of halogens is 1. The first-order chi connectivity index (χ1) is 12.2. The lowest BCUT2D eigenvalue weighted by molar-refractivity contribution is 0.111. The number of allylic oxidation sites excluding steroid dienone is 1. The van der Waals surface area contributed by atoms with Crippen molar-refractivity contribution in [3.8, 4) is 5.75 Å². The number of imidazole rings is 1. The van der Waals surface area contributed by atoms with Gasteiger partial charge in [0.1, 0.15) is 17.1 Å². The second-order valence-electron chi connectivity index (χ2n) is 6.12. The number of rotatable bonds is 3. The van der Waals surface area contributed by atoms with E-state index in [0.717, 1.165) is 42.5 Å². The number of benzene rings is 1. The molecule has 0 atom stereocenters. The Labute approximate surface area is 154 Å². The number of carbonyl (C=O) groups excluding carboxylic acids is 1. The summed E-state index contributed by atoms with van der Waals surface area (Å²) >= 11 is 3.79. The van der Waals surface area contributed by atoms with E-state index < -0.39 is 0 Å². The van der Waals surface area contributed by atoms with Gasteiger partial charge in [0.25, 0.3) is 0 Å². The zero-order chi connectivity index (χ0) is 17.4. The molecule has 1 aliphatic carbocycles. The summed E-state index contributed by atoms with van der Waals surface area (Å²) in [6, 6.07) is 10.4. The zero-order valence-corrected chi connectivity index (χ0v) is 15.4. The molecular formula is C20H17BrN2O2. The van der Waals surface area contributed by atoms with Crippen LogP contribution in [0.3, 0.4) is 0 Å². The van der Waals surface area contributed by atoms with Crippen LogP contribution in [0.5, 0.6) is 5.75 Å². The van der Waals surface area contributed by atoms with Crippen LogP contribution in [0.25, 0.3) is 11.2 Å². The first-order valence-electron chi connectivity index (χ1n) is 8.20. The van der Waals surface area contributed by atoms with E-state index in [0.29, 0.717) is 5.69 Å². The topological polar surface area (TPSA) is 43.6 Å². The Morgan fingerprint density at radius 3 is 2.92 bits per heavy atom. The summed E-state index contributed by atoms with van der Waals surface area (Å²) in [6.07, 6.45) is 7.56. The van der Waals surface area contributed by atoms with Gasteiger partial charge in [-0.05, 0) is 65.8 Å². The number of nitrogens with zero attached hydrogens (tertiary/aromatic N) is 2. The van der Waals surface area contributed by atoms with Crippen LogP contribution in [-0.4, -0.2) is 22.8 Å². The molecule has 4 nitrogen and oxygen atoms in total. The van der Waals surface area contributed by atoms with Gasteiger partial charge in [-0.15, -0.1) is 0 Å². The predicted octanol–water partition coefficient (Wildman–Crippen LogP) is 4.65. The third-order valence-corrected chi connectivity index (χ3v) is 5.38. The van der Waals surface area contributed by atoms with Gasteiger partial charge in [-0.1, -0.05) is 22.0 Å². The average Bonchev–Trinajstić information content (AvgIpc) is 2.97. The molecule has 4 rings (SSSR count). The van der Waals surface area contributed by atoms with Crippen LogP contribution in [0, 0.1) is 0 Å². The van der Waals surface area contributed by atoms with Crippen molar-refractivity contribution in [1.29, 1.82) is 0 Å². The number of hydrogen-bond donors (Lipinski definition) is 0. The van der Waals surface area contributed by atoms with Gasteiger partial charge in [0.05, 0.1) is 7.11 Å². The molecule has 0 saturated carbocycles. The van der Waals surface area contributed by atoms with Crippen LogP contribution in [0.4, 0.5) is 0 Å². The van der Waals surface area contributed by atoms with Gasteiger partial charge in [-0.25, -0.2) is 4.98 Å². The molecule has 0 fully saturated rings. The second-order valence-corrected chi connectivity index (χ2v) is 7.08. The highest BCUT2D eigenvalue weighted by Gasteiger charge is 2.19. The lowest BCUT2D eigenvalue weighted by atomic mass is 9.94. The van der Waals surface area contributed by atoms with E-state index in [2.05, 4.69) is 39.1 Å². The van der Waals surface area contributed by atoms with Gasteiger partial charge < -0.3 is 9.14 Å². The maximum atomic E-state index is 11.0. The van der Waals surface area contributed by atoms with Crippen molar-refractivity contribution in [1.82, 2.24) is 9.38 Å². The van der Waals surface area contributed by atoms with Crippen LogP contribution in [-0.2, 0) is 6.42 Å². The third kappa shape index (κ3) is 2.89. The van der Waals surface area contributed by atoms with Gasteiger partial charge in [-0.3, -0.25) is 4.79 Å². The fourth-order valence-corrected chi connectivity index (χ4v) is 4.10. The molecule has 1 aliphatic rings. The molecular weight excluding hydrogens is 380 g/mol. The largest absolute Gasteiger partial charge is 0.497 e. The maximum absolute atomic E-state index is 11.0. The molecule has 0 saturated heterocycles. The minimum Gasteiger partial charge on any atom is -0.497 e. The molecule has 5 heteroatoms. The lowest BCUT2D eigenvalue weighted by Gasteiger charge is -2.14. The second kappa shape index (κ2) is 6.48. The third-order valence-electron chi connectivity index (χ3n) is 4.58. The Morgan fingerprint density at radius 1 is 1.24 bits per heavy atom. The molecule has 1 aromatic carbocycles. The monoisotopic (exact) mass is 396 g/mol. The van der Waals surface area contributed by atoms with Crippen LogP contribution in [0.1, 0.15) is 40.0 Å². The quantitative estimate of drug-likeness (QED) is 0.605. The Kier molecular flexibility index (Phi) is 4.17. The molecule has 126 valence electrons. The number of aryl methyl sites for hydroxylation is 1. The standard InChI is InChI=1S/C20H17BrN2O2/c1-25-16-5-6-17-13(9-16)3-2-4-18(21)20(17)14-7-8-23-11-15(12-24)22-19(23)10-14/h5-12H,2-4H2,1H3. The van der Waals surface area contributed by atoms with E-state index >= 15 is 0 Å². The lowest BCUT2D eigenvalue weighted by Crippen LogP contribution is -1.96. The van der Waals surface area contributed by atoms with Crippen LogP contribution < -0.4 is 4.74 Å². The predicted molar refractivity (Wildman–Crippen MR) is 101 cm³/mol. The normalized spacial score (nSPS) is 14.3.